The lowest BCUT2D eigenvalue weighted by Crippen LogP contribution is -2.34. The molecule has 1 unspecified atom stereocenters. The van der Waals surface area contributed by atoms with Crippen molar-refractivity contribution in [2.24, 2.45) is 0 Å². The molecule has 0 radical (unpaired) electrons. The molecule has 0 aliphatic heterocycles. The van der Waals surface area contributed by atoms with Crippen molar-refractivity contribution in [3.8, 4) is 11.5 Å². The van der Waals surface area contributed by atoms with Gasteiger partial charge in [-0.2, -0.15) is 0 Å². The molecule has 1 N–H and O–H groups in total. The van der Waals surface area contributed by atoms with Crippen molar-refractivity contribution >= 4 is 11.6 Å². The number of rotatable bonds is 8. The molecule has 0 aliphatic rings. The van der Waals surface area contributed by atoms with Gasteiger partial charge in [-0.05, 0) is 19.4 Å². The highest BCUT2D eigenvalue weighted by Gasteiger charge is 2.17. The molecule has 1 atom stereocenters. The van der Waals surface area contributed by atoms with E-state index in [2.05, 4.69) is 18.7 Å². The van der Waals surface area contributed by atoms with Crippen LogP contribution in [0.2, 0.25) is 5.02 Å². The first kappa shape index (κ1) is 17.1. The van der Waals surface area contributed by atoms with E-state index in [1.54, 1.807) is 19.2 Å². The molecule has 0 heterocycles. The van der Waals surface area contributed by atoms with Crippen LogP contribution < -0.4 is 4.74 Å². The van der Waals surface area contributed by atoms with Crippen molar-refractivity contribution in [1.29, 1.82) is 0 Å². The van der Waals surface area contributed by atoms with Gasteiger partial charge in [0.25, 0.3) is 0 Å². The van der Waals surface area contributed by atoms with E-state index in [0.29, 0.717) is 30.0 Å². The van der Waals surface area contributed by atoms with Crippen LogP contribution in [0.25, 0.3) is 0 Å². The van der Waals surface area contributed by atoms with E-state index in [1.807, 2.05) is 0 Å². The summed E-state index contributed by atoms with van der Waals surface area (Å²) in [5.74, 6) is 0.561. The van der Waals surface area contributed by atoms with E-state index in [1.165, 1.54) is 7.11 Å². The first-order valence-electron chi connectivity index (χ1n) is 6.81. The molecule has 0 bridgehead atoms. The Morgan fingerprint density at radius 2 is 2.05 bits per heavy atom. The van der Waals surface area contributed by atoms with E-state index < -0.39 is 0 Å². The zero-order chi connectivity index (χ0) is 15.1. The zero-order valence-corrected chi connectivity index (χ0v) is 13.4. The minimum Gasteiger partial charge on any atom is -0.504 e. The number of methoxy groups -OCH3 is 2. The highest BCUT2D eigenvalue weighted by Crippen LogP contribution is 2.34. The molecule has 5 heteroatoms. The van der Waals surface area contributed by atoms with Gasteiger partial charge >= 0.3 is 0 Å². The average molecular weight is 302 g/mol. The second-order valence-corrected chi connectivity index (χ2v) is 5.27. The summed E-state index contributed by atoms with van der Waals surface area (Å²) in [6.07, 6.45) is 1.03. The molecule has 0 aliphatic carbocycles. The molecule has 114 valence electrons. The summed E-state index contributed by atoms with van der Waals surface area (Å²) in [5.41, 5.74) is 0.769. The lowest BCUT2D eigenvalue weighted by molar-refractivity contribution is 0.117. The fourth-order valence-electron chi connectivity index (χ4n) is 2.05. The van der Waals surface area contributed by atoms with Gasteiger partial charge in [0, 0.05) is 42.9 Å². The van der Waals surface area contributed by atoms with Crippen LogP contribution >= 0.6 is 11.6 Å². The summed E-state index contributed by atoms with van der Waals surface area (Å²) in [4.78, 5) is 2.26. The van der Waals surface area contributed by atoms with Gasteiger partial charge in [-0.25, -0.2) is 0 Å². The minimum absolute atomic E-state index is 0.155. The first-order chi connectivity index (χ1) is 9.53. The number of hydrogen-bond donors (Lipinski definition) is 1. The summed E-state index contributed by atoms with van der Waals surface area (Å²) in [7, 11) is 3.21. The lowest BCUT2D eigenvalue weighted by atomic mass is 10.1. The van der Waals surface area contributed by atoms with E-state index in [9.17, 15) is 5.11 Å². The Kier molecular flexibility index (Phi) is 7.13. The van der Waals surface area contributed by atoms with Gasteiger partial charge in [-0.3, -0.25) is 4.90 Å². The van der Waals surface area contributed by atoms with Gasteiger partial charge in [-0.15, -0.1) is 0 Å². The Morgan fingerprint density at radius 1 is 1.35 bits per heavy atom. The number of aromatic hydroxyl groups is 1. The van der Waals surface area contributed by atoms with E-state index in [4.69, 9.17) is 21.1 Å². The van der Waals surface area contributed by atoms with Crippen molar-refractivity contribution in [1.82, 2.24) is 4.90 Å². The van der Waals surface area contributed by atoms with Gasteiger partial charge in [-0.1, -0.05) is 18.5 Å². The minimum atomic E-state index is 0.155. The number of hydrogen-bond acceptors (Lipinski definition) is 4. The van der Waals surface area contributed by atoms with Crippen molar-refractivity contribution in [2.45, 2.75) is 32.9 Å². The number of benzene rings is 1. The Hall–Kier alpha value is -0.970. The second-order valence-electron chi connectivity index (χ2n) is 4.84. The van der Waals surface area contributed by atoms with Crippen molar-refractivity contribution in [3.63, 3.8) is 0 Å². The molecule has 20 heavy (non-hydrogen) atoms. The quantitative estimate of drug-likeness (QED) is 0.800. The Labute approximate surface area is 126 Å². The molecule has 1 aromatic rings. The molecular formula is C15H24ClNO3. The highest BCUT2D eigenvalue weighted by atomic mass is 35.5. The number of nitrogens with zero attached hydrogens (tertiary/aromatic N) is 1. The predicted molar refractivity (Wildman–Crippen MR) is 81.7 cm³/mol. The fourth-order valence-corrected chi connectivity index (χ4v) is 2.28. The van der Waals surface area contributed by atoms with Crippen LogP contribution in [0, 0.1) is 0 Å². The van der Waals surface area contributed by atoms with Crippen LogP contribution in [0.5, 0.6) is 11.5 Å². The molecule has 4 nitrogen and oxygen atoms in total. The molecule has 0 saturated heterocycles. The summed E-state index contributed by atoms with van der Waals surface area (Å²) in [6, 6.07) is 3.79. The average Bonchev–Trinajstić information content (AvgIpc) is 2.45. The maximum atomic E-state index is 10.2. The standard InChI is InChI=1S/C15H24ClNO3/c1-5-11(2)17(6-7-19-3)10-12-8-13(16)9-14(20-4)15(12)18/h8-9,11,18H,5-7,10H2,1-4H3. The smallest absolute Gasteiger partial charge is 0.162 e. The van der Waals surface area contributed by atoms with Crippen LogP contribution in [0.15, 0.2) is 12.1 Å². The molecule has 0 fully saturated rings. The first-order valence-corrected chi connectivity index (χ1v) is 7.19. The third-order valence-corrected chi connectivity index (χ3v) is 3.73. The molecule has 0 spiro atoms. The van der Waals surface area contributed by atoms with Crippen LogP contribution in [-0.2, 0) is 11.3 Å². The molecule has 1 rings (SSSR count). The van der Waals surface area contributed by atoms with E-state index >= 15 is 0 Å². The summed E-state index contributed by atoms with van der Waals surface area (Å²) in [6.45, 7) is 6.38. The molecular weight excluding hydrogens is 278 g/mol. The van der Waals surface area contributed by atoms with Crippen molar-refractivity contribution < 1.29 is 14.6 Å². The Bertz CT molecular complexity index is 426. The maximum Gasteiger partial charge on any atom is 0.162 e. The molecule has 0 aromatic heterocycles. The molecule has 0 saturated carbocycles. The van der Waals surface area contributed by atoms with Gasteiger partial charge in [0.05, 0.1) is 13.7 Å². The highest BCUT2D eigenvalue weighted by molar-refractivity contribution is 6.30. The van der Waals surface area contributed by atoms with Crippen LogP contribution in [0.4, 0.5) is 0 Å². The summed E-state index contributed by atoms with van der Waals surface area (Å²) in [5, 5.41) is 10.8. The van der Waals surface area contributed by atoms with Crippen LogP contribution in [0.3, 0.4) is 0 Å². The van der Waals surface area contributed by atoms with E-state index in [-0.39, 0.29) is 5.75 Å². The normalized spacial score (nSPS) is 12.7. The van der Waals surface area contributed by atoms with Gasteiger partial charge in [0.2, 0.25) is 0 Å². The van der Waals surface area contributed by atoms with Crippen molar-refractivity contribution in [3.05, 3.63) is 22.7 Å². The van der Waals surface area contributed by atoms with Gasteiger partial charge < -0.3 is 14.6 Å². The largest absolute Gasteiger partial charge is 0.504 e. The SMILES string of the molecule is CCC(C)N(CCOC)Cc1cc(Cl)cc(OC)c1O. The van der Waals surface area contributed by atoms with E-state index in [0.717, 1.165) is 18.5 Å². The monoisotopic (exact) mass is 301 g/mol. The Morgan fingerprint density at radius 3 is 2.60 bits per heavy atom. The van der Waals surface area contributed by atoms with Gasteiger partial charge in [0.15, 0.2) is 11.5 Å². The molecule has 0 amide bonds. The summed E-state index contributed by atoms with van der Waals surface area (Å²) >= 11 is 6.07. The predicted octanol–water partition coefficient (Wildman–Crippen LogP) is 3.30. The van der Waals surface area contributed by atoms with Crippen LogP contribution in [-0.4, -0.2) is 43.4 Å². The number of ether oxygens (including phenoxy) is 2. The Balaban J connectivity index is 2.94. The topological polar surface area (TPSA) is 41.9 Å². The second kappa shape index (κ2) is 8.35. The van der Waals surface area contributed by atoms with Crippen LogP contribution in [0.1, 0.15) is 25.8 Å². The third kappa shape index (κ3) is 4.54. The number of phenolic OH excluding ortho intramolecular Hbond substituents is 1. The summed E-state index contributed by atoms with van der Waals surface area (Å²) < 4.78 is 10.3. The zero-order valence-electron chi connectivity index (χ0n) is 12.6. The van der Waals surface area contributed by atoms with Crippen molar-refractivity contribution in [2.75, 3.05) is 27.4 Å². The lowest BCUT2D eigenvalue weighted by Gasteiger charge is -2.28. The number of halogens is 1. The number of phenols is 1. The maximum absolute atomic E-state index is 10.2. The fraction of sp³-hybridized carbons (Fsp3) is 0.600. The third-order valence-electron chi connectivity index (χ3n) is 3.51. The molecule has 1 aromatic carbocycles. The van der Waals surface area contributed by atoms with Gasteiger partial charge in [0.1, 0.15) is 0 Å².